The first-order chi connectivity index (χ1) is 9.49. The van der Waals surface area contributed by atoms with E-state index in [9.17, 15) is 9.90 Å². The third-order valence-electron chi connectivity index (χ3n) is 2.97. The summed E-state index contributed by atoms with van der Waals surface area (Å²) in [6.45, 7) is 0.515. The van der Waals surface area contributed by atoms with Crippen LogP contribution in [0.4, 0.5) is 5.69 Å². The fourth-order valence-corrected chi connectivity index (χ4v) is 2.35. The lowest BCUT2D eigenvalue weighted by atomic mass is 10.1. The number of nitrogens with zero attached hydrogens (tertiary/aromatic N) is 1. The Morgan fingerprint density at radius 3 is 2.55 bits per heavy atom. The highest BCUT2D eigenvalue weighted by Gasteiger charge is 2.15. The second kappa shape index (κ2) is 6.16. The van der Waals surface area contributed by atoms with Gasteiger partial charge in [-0.2, -0.15) is 0 Å². The fraction of sp³-hybridized carbons (Fsp3) is 0.133. The lowest BCUT2D eigenvalue weighted by Crippen LogP contribution is -2.19. The van der Waals surface area contributed by atoms with E-state index in [1.54, 1.807) is 12.1 Å². The number of benzene rings is 2. The van der Waals surface area contributed by atoms with Crippen LogP contribution in [0, 0.1) is 0 Å². The molecule has 0 saturated carbocycles. The first kappa shape index (κ1) is 14.7. The molecule has 1 N–H and O–H groups in total. The summed E-state index contributed by atoms with van der Waals surface area (Å²) in [6.07, 6.45) is 0. The minimum absolute atomic E-state index is 0.173. The standard InChI is InChI=1S/C15H13Cl2NO2/c1-18(9-10-4-2-3-5-13(10)17)14-7-6-11(16)8-12(14)15(19)20/h2-8H,9H2,1H3,(H,19,20). The molecule has 0 unspecified atom stereocenters. The predicted octanol–water partition coefficient (Wildman–Crippen LogP) is 4.33. The van der Waals surface area contributed by atoms with Crippen molar-refractivity contribution in [3.63, 3.8) is 0 Å². The number of hydrogen-bond acceptors (Lipinski definition) is 2. The van der Waals surface area contributed by atoms with Crippen molar-refractivity contribution >= 4 is 34.9 Å². The third kappa shape index (κ3) is 3.24. The molecular formula is C15H13Cl2NO2. The van der Waals surface area contributed by atoms with Crippen molar-refractivity contribution in [2.45, 2.75) is 6.54 Å². The van der Waals surface area contributed by atoms with Crippen LogP contribution in [0.5, 0.6) is 0 Å². The molecule has 20 heavy (non-hydrogen) atoms. The highest BCUT2D eigenvalue weighted by atomic mass is 35.5. The molecule has 0 aliphatic heterocycles. The van der Waals surface area contributed by atoms with Crippen molar-refractivity contribution in [3.05, 3.63) is 63.6 Å². The second-order valence-corrected chi connectivity index (χ2v) is 5.26. The Labute approximate surface area is 127 Å². The van der Waals surface area contributed by atoms with Crippen LogP contribution in [0.25, 0.3) is 0 Å². The summed E-state index contributed by atoms with van der Waals surface area (Å²) in [4.78, 5) is 13.1. The van der Waals surface area contributed by atoms with Gasteiger partial charge in [0.05, 0.1) is 11.3 Å². The van der Waals surface area contributed by atoms with E-state index in [1.807, 2.05) is 36.2 Å². The third-order valence-corrected chi connectivity index (χ3v) is 3.57. The Balaban J connectivity index is 2.32. The van der Waals surface area contributed by atoms with Crippen LogP contribution in [-0.4, -0.2) is 18.1 Å². The fourth-order valence-electron chi connectivity index (χ4n) is 1.98. The van der Waals surface area contributed by atoms with Crippen molar-refractivity contribution in [3.8, 4) is 0 Å². The van der Waals surface area contributed by atoms with Crippen molar-refractivity contribution in [2.75, 3.05) is 11.9 Å². The average Bonchev–Trinajstić information content (AvgIpc) is 2.41. The van der Waals surface area contributed by atoms with Crippen LogP contribution in [0.15, 0.2) is 42.5 Å². The van der Waals surface area contributed by atoms with E-state index < -0.39 is 5.97 Å². The van der Waals surface area contributed by atoms with E-state index in [0.29, 0.717) is 22.3 Å². The van der Waals surface area contributed by atoms with Crippen molar-refractivity contribution in [1.29, 1.82) is 0 Å². The highest BCUT2D eigenvalue weighted by molar-refractivity contribution is 6.31. The molecule has 0 bridgehead atoms. The topological polar surface area (TPSA) is 40.5 Å². The molecule has 0 spiro atoms. The van der Waals surface area contributed by atoms with E-state index in [1.165, 1.54) is 6.07 Å². The molecule has 0 aliphatic rings. The van der Waals surface area contributed by atoms with Gasteiger partial charge in [0.2, 0.25) is 0 Å². The summed E-state index contributed by atoms with van der Waals surface area (Å²) < 4.78 is 0. The molecule has 0 heterocycles. The zero-order valence-corrected chi connectivity index (χ0v) is 12.3. The van der Waals surface area contributed by atoms with E-state index in [0.717, 1.165) is 5.56 Å². The molecule has 0 radical (unpaired) electrons. The number of rotatable bonds is 4. The van der Waals surface area contributed by atoms with E-state index in [2.05, 4.69) is 0 Å². The number of carboxylic acid groups (broad SMARTS) is 1. The maximum atomic E-state index is 11.3. The number of halogens is 2. The van der Waals surface area contributed by atoms with Crippen LogP contribution < -0.4 is 4.90 Å². The number of aromatic carboxylic acids is 1. The molecule has 0 atom stereocenters. The molecule has 0 fully saturated rings. The van der Waals surface area contributed by atoms with Gasteiger partial charge in [-0.1, -0.05) is 41.4 Å². The van der Waals surface area contributed by atoms with Gasteiger partial charge in [-0.05, 0) is 29.8 Å². The zero-order valence-electron chi connectivity index (χ0n) is 10.8. The maximum absolute atomic E-state index is 11.3. The Kier molecular flexibility index (Phi) is 4.53. The van der Waals surface area contributed by atoms with Crippen molar-refractivity contribution in [1.82, 2.24) is 0 Å². The maximum Gasteiger partial charge on any atom is 0.337 e. The van der Waals surface area contributed by atoms with Gasteiger partial charge in [0.15, 0.2) is 0 Å². The first-order valence-electron chi connectivity index (χ1n) is 5.96. The van der Waals surface area contributed by atoms with Crippen LogP contribution in [-0.2, 0) is 6.54 Å². The molecular weight excluding hydrogens is 297 g/mol. The zero-order chi connectivity index (χ0) is 14.7. The molecule has 2 rings (SSSR count). The van der Waals surface area contributed by atoms with Gasteiger partial charge in [-0.15, -0.1) is 0 Å². The summed E-state index contributed by atoms with van der Waals surface area (Å²) in [6, 6.07) is 12.3. The van der Waals surface area contributed by atoms with Crippen LogP contribution in [0.3, 0.4) is 0 Å². The monoisotopic (exact) mass is 309 g/mol. The van der Waals surface area contributed by atoms with Gasteiger partial charge in [0, 0.05) is 23.6 Å². The average molecular weight is 310 g/mol. The minimum atomic E-state index is -1.01. The normalized spacial score (nSPS) is 10.3. The molecule has 104 valence electrons. The van der Waals surface area contributed by atoms with E-state index in [-0.39, 0.29) is 5.56 Å². The van der Waals surface area contributed by atoms with Gasteiger partial charge >= 0.3 is 5.97 Å². The lowest BCUT2D eigenvalue weighted by molar-refractivity contribution is 0.0697. The van der Waals surface area contributed by atoms with Crippen molar-refractivity contribution < 1.29 is 9.90 Å². The van der Waals surface area contributed by atoms with Crippen LogP contribution >= 0.6 is 23.2 Å². The summed E-state index contributed by atoms with van der Waals surface area (Å²) in [5, 5.41) is 10.3. The Hall–Kier alpha value is -1.71. The Bertz CT molecular complexity index is 644. The highest BCUT2D eigenvalue weighted by Crippen LogP contribution is 2.26. The van der Waals surface area contributed by atoms with Crippen molar-refractivity contribution in [2.24, 2.45) is 0 Å². The van der Waals surface area contributed by atoms with E-state index >= 15 is 0 Å². The van der Waals surface area contributed by atoms with Crippen LogP contribution in [0.1, 0.15) is 15.9 Å². The molecule has 2 aromatic rings. The molecule has 0 aliphatic carbocycles. The van der Waals surface area contributed by atoms with Gasteiger partial charge in [0.1, 0.15) is 0 Å². The Morgan fingerprint density at radius 1 is 1.20 bits per heavy atom. The quantitative estimate of drug-likeness (QED) is 0.914. The smallest absolute Gasteiger partial charge is 0.337 e. The summed E-state index contributed by atoms with van der Waals surface area (Å²) in [7, 11) is 1.82. The molecule has 5 heteroatoms. The van der Waals surface area contributed by atoms with Gasteiger partial charge < -0.3 is 10.0 Å². The number of anilines is 1. The minimum Gasteiger partial charge on any atom is -0.478 e. The summed E-state index contributed by atoms with van der Waals surface area (Å²) >= 11 is 12.0. The lowest BCUT2D eigenvalue weighted by Gasteiger charge is -2.22. The van der Waals surface area contributed by atoms with Crippen LogP contribution in [0.2, 0.25) is 10.0 Å². The van der Waals surface area contributed by atoms with Gasteiger partial charge in [0.25, 0.3) is 0 Å². The molecule has 2 aromatic carbocycles. The SMILES string of the molecule is CN(Cc1ccccc1Cl)c1ccc(Cl)cc1C(=O)O. The molecule has 0 aromatic heterocycles. The second-order valence-electron chi connectivity index (χ2n) is 4.41. The van der Waals surface area contributed by atoms with Gasteiger partial charge in [-0.3, -0.25) is 0 Å². The number of carbonyl (C=O) groups is 1. The predicted molar refractivity (Wildman–Crippen MR) is 82.0 cm³/mol. The molecule has 3 nitrogen and oxygen atoms in total. The summed E-state index contributed by atoms with van der Waals surface area (Å²) in [5.41, 5.74) is 1.71. The largest absolute Gasteiger partial charge is 0.478 e. The summed E-state index contributed by atoms with van der Waals surface area (Å²) in [5.74, 6) is -1.01. The molecule has 0 amide bonds. The first-order valence-corrected chi connectivity index (χ1v) is 6.72. The number of carboxylic acids is 1. The van der Waals surface area contributed by atoms with Gasteiger partial charge in [-0.25, -0.2) is 4.79 Å². The van der Waals surface area contributed by atoms with E-state index in [4.69, 9.17) is 23.2 Å². The molecule has 0 saturated heterocycles. The number of hydrogen-bond donors (Lipinski definition) is 1. The Morgan fingerprint density at radius 2 is 1.90 bits per heavy atom.